The van der Waals surface area contributed by atoms with Crippen LogP contribution in [-0.4, -0.2) is 55.0 Å². The fourth-order valence-corrected chi connectivity index (χ4v) is 1.63. The molecule has 1 aromatic heterocycles. The number of aromatic amines is 1. The van der Waals surface area contributed by atoms with Crippen molar-refractivity contribution in [2.45, 2.75) is 24.5 Å². The van der Waals surface area contributed by atoms with E-state index in [4.69, 9.17) is 9.84 Å². The lowest BCUT2D eigenvalue weighted by Gasteiger charge is -2.14. The summed E-state index contributed by atoms with van der Waals surface area (Å²) < 4.78 is 5.77. The highest BCUT2D eigenvalue weighted by atomic mass is 16.6. The lowest BCUT2D eigenvalue weighted by atomic mass is 10.1. The lowest BCUT2D eigenvalue weighted by molar-refractivity contribution is -0.0618. The number of hydrogen-bond acceptors (Lipinski definition) is 7. The first kappa shape index (κ1) is 11.9. The Hall–Kier alpha value is -1.55. The molecule has 0 aliphatic carbocycles. The van der Waals surface area contributed by atoms with Gasteiger partial charge in [-0.05, 0) is 0 Å². The topological polar surface area (TPSA) is 138 Å². The Balaban J connectivity index is -0.000000810. The van der Waals surface area contributed by atoms with Crippen molar-refractivity contribution in [2.75, 3.05) is 6.61 Å². The van der Waals surface area contributed by atoms with Gasteiger partial charge in [-0.3, -0.25) is 9.78 Å². The number of aliphatic hydroxyl groups is 3. The van der Waals surface area contributed by atoms with Crippen molar-refractivity contribution >= 4 is 0 Å². The summed E-state index contributed by atoms with van der Waals surface area (Å²) in [5.41, 5.74) is -1.55. The molecule has 0 spiro atoms. The van der Waals surface area contributed by atoms with Gasteiger partial charge in [-0.15, -0.1) is 0 Å². The third-order valence-corrected chi connectivity index (χ3v) is 2.50. The Kier molecular flexibility index (Phi) is 3.07. The van der Waals surface area contributed by atoms with Crippen LogP contribution in [-0.2, 0) is 4.74 Å². The second kappa shape index (κ2) is 4.37. The first-order valence-corrected chi connectivity index (χ1v) is 4.85. The average Bonchev–Trinajstić information content (AvgIpc) is 2.57. The van der Waals surface area contributed by atoms with Gasteiger partial charge in [0.2, 0.25) is 0 Å². The molecule has 9 nitrogen and oxygen atoms in total. The molecule has 0 unspecified atom stereocenters. The standard InChI is InChI=1S/C8H11N3O6.4H2/c12-2-3-5(14)6(15)7(17-3)11-8(16)10-4(13)1-9-11;;;;/h1,3,5-7,12,14-15H,2H2,(H,10,13,16);4*1H/t3-,5-,6-,7-;;;;/m0..../s1. The van der Waals surface area contributed by atoms with E-state index in [-0.39, 0.29) is 5.71 Å². The fourth-order valence-electron chi connectivity index (χ4n) is 1.63. The van der Waals surface area contributed by atoms with E-state index in [0.717, 1.165) is 6.20 Å². The average molecular weight is 253 g/mol. The van der Waals surface area contributed by atoms with Gasteiger partial charge in [0.25, 0.3) is 5.56 Å². The smallest absolute Gasteiger partial charge is 0.347 e. The van der Waals surface area contributed by atoms with E-state index in [1.807, 2.05) is 4.98 Å². The molecule has 0 aromatic carbocycles. The number of H-pyrrole nitrogens is 1. The molecular formula is C8H19N3O6. The number of ether oxygens (including phenoxy) is 1. The maximum Gasteiger partial charge on any atom is 0.347 e. The highest BCUT2D eigenvalue weighted by molar-refractivity contribution is 4.88. The summed E-state index contributed by atoms with van der Waals surface area (Å²) in [7, 11) is 0. The SMILES string of the molecule is O=c1cnn([C@H]2O[C@@H](CO)[C@H](O)[C@@H]2O)c(=O)[nH]1.[HH].[HH].[HH].[HH]. The summed E-state index contributed by atoms with van der Waals surface area (Å²) in [4.78, 5) is 24.1. The molecule has 0 amide bonds. The van der Waals surface area contributed by atoms with Crippen LogP contribution in [0.4, 0.5) is 0 Å². The zero-order valence-corrected chi connectivity index (χ0v) is 8.55. The number of nitrogens with one attached hydrogen (secondary N) is 1. The summed E-state index contributed by atoms with van der Waals surface area (Å²) in [6, 6.07) is 0. The van der Waals surface area contributed by atoms with Gasteiger partial charge in [-0.1, -0.05) is 0 Å². The van der Waals surface area contributed by atoms with Crippen LogP contribution in [0.1, 0.15) is 11.9 Å². The molecule has 4 atom stereocenters. The molecule has 2 heterocycles. The Morgan fingerprint density at radius 3 is 2.71 bits per heavy atom. The van der Waals surface area contributed by atoms with Crippen LogP contribution in [0.3, 0.4) is 0 Å². The predicted octanol–water partition coefficient (Wildman–Crippen LogP) is -2.47. The van der Waals surface area contributed by atoms with Gasteiger partial charge in [-0.25, -0.2) is 4.79 Å². The Labute approximate surface area is 99.8 Å². The Morgan fingerprint density at radius 1 is 1.47 bits per heavy atom. The summed E-state index contributed by atoms with van der Waals surface area (Å²) >= 11 is 0. The molecule has 1 aliphatic rings. The third kappa shape index (κ3) is 2.00. The molecule has 2 rings (SSSR count). The molecule has 0 saturated carbocycles. The van der Waals surface area contributed by atoms with Crippen LogP contribution in [0.5, 0.6) is 0 Å². The normalized spacial score (nSPS) is 32.9. The van der Waals surface area contributed by atoms with E-state index in [0.29, 0.717) is 4.68 Å². The minimum atomic E-state index is -1.41. The van der Waals surface area contributed by atoms with E-state index in [2.05, 4.69) is 5.10 Å². The summed E-state index contributed by atoms with van der Waals surface area (Å²) in [5, 5.41) is 31.5. The van der Waals surface area contributed by atoms with Crippen molar-refractivity contribution < 1.29 is 25.8 Å². The molecule has 0 bridgehead atoms. The Bertz CT molecular complexity index is 525. The minimum Gasteiger partial charge on any atom is -0.394 e. The molecule has 1 aliphatic heterocycles. The maximum atomic E-state index is 11.4. The molecule has 102 valence electrons. The lowest BCUT2D eigenvalue weighted by Crippen LogP contribution is -2.39. The maximum absolute atomic E-state index is 11.4. The van der Waals surface area contributed by atoms with E-state index >= 15 is 0 Å². The second-order valence-corrected chi connectivity index (χ2v) is 3.61. The molecule has 4 N–H and O–H groups in total. The highest BCUT2D eigenvalue weighted by Gasteiger charge is 2.44. The van der Waals surface area contributed by atoms with E-state index in [1.54, 1.807) is 0 Å². The molecule has 9 heteroatoms. The first-order chi connectivity index (χ1) is 8.04. The molecule has 1 fully saturated rings. The quantitative estimate of drug-likeness (QED) is 0.458. The summed E-state index contributed by atoms with van der Waals surface area (Å²) in [6.07, 6.45) is -4.15. The van der Waals surface area contributed by atoms with Crippen LogP contribution >= 0.6 is 0 Å². The number of hydrogen-bond donors (Lipinski definition) is 4. The minimum absolute atomic E-state index is 0. The first-order valence-electron chi connectivity index (χ1n) is 4.85. The number of aliphatic hydroxyl groups excluding tert-OH is 3. The van der Waals surface area contributed by atoms with E-state index in [1.165, 1.54) is 0 Å². The monoisotopic (exact) mass is 253 g/mol. The van der Waals surface area contributed by atoms with Gasteiger partial charge in [-0.2, -0.15) is 9.78 Å². The largest absolute Gasteiger partial charge is 0.394 e. The fraction of sp³-hybridized carbons (Fsp3) is 0.625. The van der Waals surface area contributed by atoms with E-state index in [9.17, 15) is 19.8 Å². The molecule has 0 radical (unpaired) electrons. The van der Waals surface area contributed by atoms with Crippen molar-refractivity contribution in [3.63, 3.8) is 0 Å². The highest BCUT2D eigenvalue weighted by Crippen LogP contribution is 2.27. The molecule has 17 heavy (non-hydrogen) atoms. The van der Waals surface area contributed by atoms with Crippen LogP contribution in [0, 0.1) is 0 Å². The van der Waals surface area contributed by atoms with Gasteiger partial charge < -0.3 is 20.1 Å². The van der Waals surface area contributed by atoms with Crippen molar-refractivity contribution in [2.24, 2.45) is 0 Å². The second-order valence-electron chi connectivity index (χ2n) is 3.61. The number of aromatic nitrogens is 3. The molecule has 1 saturated heterocycles. The van der Waals surface area contributed by atoms with Crippen LogP contribution in [0.2, 0.25) is 0 Å². The van der Waals surface area contributed by atoms with Gasteiger partial charge in [0.15, 0.2) is 6.23 Å². The third-order valence-electron chi connectivity index (χ3n) is 2.50. The number of nitrogens with zero attached hydrogens (tertiary/aromatic N) is 2. The van der Waals surface area contributed by atoms with Crippen molar-refractivity contribution in [3.05, 3.63) is 27.0 Å². The van der Waals surface area contributed by atoms with Crippen LogP contribution < -0.4 is 11.2 Å². The molecule has 1 aromatic rings. The number of rotatable bonds is 2. The Morgan fingerprint density at radius 2 is 2.18 bits per heavy atom. The summed E-state index contributed by atoms with van der Waals surface area (Å²) in [6.45, 7) is -0.507. The zero-order chi connectivity index (χ0) is 12.6. The van der Waals surface area contributed by atoms with Gasteiger partial charge in [0.1, 0.15) is 24.5 Å². The van der Waals surface area contributed by atoms with Gasteiger partial charge in [0.05, 0.1) is 6.61 Å². The van der Waals surface area contributed by atoms with Crippen LogP contribution in [0.25, 0.3) is 0 Å². The van der Waals surface area contributed by atoms with Crippen molar-refractivity contribution in [1.29, 1.82) is 0 Å². The van der Waals surface area contributed by atoms with Crippen molar-refractivity contribution in [3.8, 4) is 0 Å². The molecular weight excluding hydrogens is 234 g/mol. The van der Waals surface area contributed by atoms with Crippen LogP contribution in [0.15, 0.2) is 15.8 Å². The predicted molar refractivity (Wildman–Crippen MR) is 60.6 cm³/mol. The van der Waals surface area contributed by atoms with E-state index < -0.39 is 42.4 Å². The van der Waals surface area contributed by atoms with Gasteiger partial charge in [0, 0.05) is 5.71 Å². The summed E-state index contributed by atoms with van der Waals surface area (Å²) in [5.74, 6) is 0. The van der Waals surface area contributed by atoms with Gasteiger partial charge >= 0.3 is 5.69 Å². The van der Waals surface area contributed by atoms with Crippen molar-refractivity contribution in [1.82, 2.24) is 14.8 Å². The zero-order valence-electron chi connectivity index (χ0n) is 8.55.